The van der Waals surface area contributed by atoms with Crippen LogP contribution in [0, 0.1) is 0 Å². The van der Waals surface area contributed by atoms with Crippen LogP contribution in [0.2, 0.25) is 0 Å². The zero-order chi connectivity index (χ0) is 25.9. The van der Waals surface area contributed by atoms with Crippen molar-refractivity contribution in [1.29, 1.82) is 0 Å². The zero-order valence-electron chi connectivity index (χ0n) is 19.7. The van der Waals surface area contributed by atoms with E-state index in [0.29, 0.717) is 36.7 Å². The van der Waals surface area contributed by atoms with Crippen molar-refractivity contribution < 1.29 is 28.2 Å². The topological polar surface area (TPSA) is 88.9 Å². The first-order chi connectivity index (χ1) is 17.2. The molecule has 0 saturated heterocycles. The standard InChI is InChI=1S/C26H27F3N4O3/c1-30-25(36)15-32-11-12-33(20-8-6-19(7-9-20)26(27,28)29)23-10-5-17(13-18(23)14-32)21-3-2-4-22(31-21)24(35)16-34/h2-10,13,24,34-35H,11-12,14-16H2,1H3,(H,30,36). The van der Waals surface area contributed by atoms with Crippen LogP contribution < -0.4 is 10.2 Å². The Balaban J connectivity index is 1.73. The number of hydrogen-bond acceptors (Lipinski definition) is 6. The summed E-state index contributed by atoms with van der Waals surface area (Å²) in [5, 5.41) is 21.9. The van der Waals surface area contributed by atoms with Gasteiger partial charge in [-0.3, -0.25) is 9.69 Å². The number of rotatable bonds is 6. The van der Waals surface area contributed by atoms with Gasteiger partial charge in [-0.25, -0.2) is 4.98 Å². The molecule has 1 aliphatic rings. The number of hydrogen-bond donors (Lipinski definition) is 3. The van der Waals surface area contributed by atoms with E-state index in [-0.39, 0.29) is 12.5 Å². The molecule has 0 radical (unpaired) electrons. The van der Waals surface area contributed by atoms with Crippen molar-refractivity contribution in [1.82, 2.24) is 15.2 Å². The fraction of sp³-hybridized carbons (Fsp3) is 0.308. The van der Waals surface area contributed by atoms with Gasteiger partial charge in [-0.15, -0.1) is 0 Å². The summed E-state index contributed by atoms with van der Waals surface area (Å²) >= 11 is 0. The maximum Gasteiger partial charge on any atom is 0.416 e. The molecule has 1 aromatic heterocycles. The van der Waals surface area contributed by atoms with Crippen LogP contribution in [0.25, 0.3) is 11.3 Å². The highest BCUT2D eigenvalue weighted by atomic mass is 19.4. The van der Waals surface area contributed by atoms with Gasteiger partial charge < -0.3 is 20.4 Å². The van der Waals surface area contributed by atoms with Gasteiger partial charge in [-0.05, 0) is 54.1 Å². The van der Waals surface area contributed by atoms with E-state index in [1.165, 1.54) is 12.1 Å². The average Bonchev–Trinajstić information content (AvgIpc) is 3.06. The lowest BCUT2D eigenvalue weighted by atomic mass is 10.0. The number of alkyl halides is 3. The third-order valence-corrected chi connectivity index (χ3v) is 6.14. The highest BCUT2D eigenvalue weighted by Crippen LogP contribution is 2.36. The number of aromatic nitrogens is 1. The van der Waals surface area contributed by atoms with Crippen molar-refractivity contribution in [2.75, 3.05) is 38.2 Å². The molecule has 2 heterocycles. The van der Waals surface area contributed by atoms with Crippen LogP contribution in [0.1, 0.15) is 22.9 Å². The van der Waals surface area contributed by atoms with Crippen molar-refractivity contribution in [2.45, 2.75) is 18.8 Å². The Morgan fingerprint density at radius 2 is 1.86 bits per heavy atom. The molecule has 0 fully saturated rings. The lowest BCUT2D eigenvalue weighted by molar-refractivity contribution is -0.137. The molecule has 36 heavy (non-hydrogen) atoms. The van der Waals surface area contributed by atoms with Crippen LogP contribution in [0.3, 0.4) is 0 Å². The van der Waals surface area contributed by atoms with E-state index in [4.69, 9.17) is 0 Å². The summed E-state index contributed by atoms with van der Waals surface area (Å²) in [4.78, 5) is 20.5. The number of nitrogens with one attached hydrogen (secondary N) is 1. The quantitative estimate of drug-likeness (QED) is 0.480. The van der Waals surface area contributed by atoms with Crippen molar-refractivity contribution in [2.24, 2.45) is 0 Å². The molecule has 1 atom stereocenters. The molecular weight excluding hydrogens is 473 g/mol. The van der Waals surface area contributed by atoms with E-state index < -0.39 is 24.5 Å². The third kappa shape index (κ3) is 5.67. The summed E-state index contributed by atoms with van der Waals surface area (Å²) in [6.45, 7) is 1.18. The van der Waals surface area contributed by atoms with Crippen LogP contribution in [0.5, 0.6) is 0 Å². The van der Waals surface area contributed by atoms with Crippen molar-refractivity contribution in [3.05, 3.63) is 77.5 Å². The summed E-state index contributed by atoms with van der Waals surface area (Å²) in [7, 11) is 1.57. The summed E-state index contributed by atoms with van der Waals surface area (Å²) in [5.74, 6) is -0.136. The molecule has 3 N–H and O–H groups in total. The maximum atomic E-state index is 13.1. The molecule has 7 nitrogen and oxygen atoms in total. The van der Waals surface area contributed by atoms with Crippen molar-refractivity contribution in [3.8, 4) is 11.3 Å². The number of fused-ring (bicyclic) bond motifs is 1. The van der Waals surface area contributed by atoms with E-state index in [0.717, 1.165) is 28.9 Å². The molecular formula is C26H27F3N4O3. The molecule has 1 aliphatic heterocycles. The summed E-state index contributed by atoms with van der Waals surface area (Å²) in [5.41, 5.74) is 3.32. The predicted octanol–water partition coefficient (Wildman–Crippen LogP) is 3.49. The van der Waals surface area contributed by atoms with Gasteiger partial charge in [0.1, 0.15) is 6.10 Å². The van der Waals surface area contributed by atoms with E-state index in [9.17, 15) is 28.2 Å². The van der Waals surface area contributed by atoms with Crippen LogP contribution in [0.4, 0.5) is 24.5 Å². The SMILES string of the molecule is CNC(=O)CN1CCN(c2ccc(C(F)(F)F)cc2)c2ccc(-c3cccc(C(O)CO)n3)cc2C1. The van der Waals surface area contributed by atoms with Gasteiger partial charge in [0.25, 0.3) is 0 Å². The fourth-order valence-corrected chi connectivity index (χ4v) is 4.22. The van der Waals surface area contributed by atoms with Gasteiger partial charge in [-0.2, -0.15) is 13.2 Å². The van der Waals surface area contributed by atoms with E-state index >= 15 is 0 Å². The number of pyridine rings is 1. The molecule has 3 aromatic rings. The molecule has 4 rings (SSSR count). The molecule has 190 valence electrons. The molecule has 0 spiro atoms. The minimum Gasteiger partial charge on any atom is -0.393 e. The van der Waals surface area contributed by atoms with E-state index in [2.05, 4.69) is 10.3 Å². The lowest BCUT2D eigenvalue weighted by Gasteiger charge is -2.26. The largest absolute Gasteiger partial charge is 0.416 e. The maximum absolute atomic E-state index is 13.1. The van der Waals surface area contributed by atoms with Gasteiger partial charge in [0.2, 0.25) is 5.91 Å². The smallest absolute Gasteiger partial charge is 0.393 e. The van der Waals surface area contributed by atoms with Crippen molar-refractivity contribution in [3.63, 3.8) is 0 Å². The first-order valence-electron chi connectivity index (χ1n) is 11.5. The average molecular weight is 501 g/mol. The Bertz CT molecular complexity index is 1220. The fourth-order valence-electron chi connectivity index (χ4n) is 4.22. The number of amides is 1. The number of aliphatic hydroxyl groups excluding tert-OH is 2. The number of anilines is 2. The second-order valence-corrected chi connectivity index (χ2v) is 8.57. The van der Waals surface area contributed by atoms with Gasteiger partial charge in [-0.1, -0.05) is 12.1 Å². The second-order valence-electron chi connectivity index (χ2n) is 8.57. The van der Waals surface area contributed by atoms with Crippen LogP contribution >= 0.6 is 0 Å². The predicted molar refractivity (Wildman–Crippen MR) is 130 cm³/mol. The summed E-state index contributed by atoms with van der Waals surface area (Å²) < 4.78 is 39.3. The Morgan fingerprint density at radius 1 is 1.11 bits per heavy atom. The molecule has 2 aromatic carbocycles. The van der Waals surface area contributed by atoms with Gasteiger partial charge >= 0.3 is 6.18 Å². The second kappa shape index (κ2) is 10.7. The number of benzene rings is 2. The third-order valence-electron chi connectivity index (χ3n) is 6.14. The lowest BCUT2D eigenvalue weighted by Crippen LogP contribution is -2.37. The van der Waals surface area contributed by atoms with Crippen LogP contribution in [0.15, 0.2) is 60.7 Å². The Morgan fingerprint density at radius 3 is 2.53 bits per heavy atom. The number of nitrogens with zero attached hydrogens (tertiary/aromatic N) is 3. The van der Waals surface area contributed by atoms with E-state index in [1.807, 2.05) is 28.0 Å². The molecule has 0 bridgehead atoms. The number of likely N-dealkylation sites (N-methyl/N-ethyl adjacent to an activating group) is 1. The normalized spacial score (nSPS) is 15.2. The minimum absolute atomic E-state index is 0.136. The number of aliphatic hydroxyl groups is 2. The highest BCUT2D eigenvalue weighted by molar-refractivity contribution is 5.78. The van der Waals surface area contributed by atoms with E-state index in [1.54, 1.807) is 25.2 Å². The van der Waals surface area contributed by atoms with Gasteiger partial charge in [0.15, 0.2) is 0 Å². The van der Waals surface area contributed by atoms with Gasteiger partial charge in [0, 0.05) is 43.6 Å². The Kier molecular flexibility index (Phi) is 7.58. The molecule has 0 saturated carbocycles. The van der Waals surface area contributed by atoms with Crippen LogP contribution in [-0.2, 0) is 17.5 Å². The van der Waals surface area contributed by atoms with Crippen LogP contribution in [-0.4, -0.2) is 59.3 Å². The molecule has 1 amide bonds. The molecule has 10 heteroatoms. The molecule has 0 aliphatic carbocycles. The minimum atomic E-state index is -4.42. The number of halogens is 3. The van der Waals surface area contributed by atoms with Crippen molar-refractivity contribution >= 4 is 17.3 Å². The summed E-state index contributed by atoms with van der Waals surface area (Å²) in [6, 6.07) is 15.9. The molecule has 1 unspecified atom stereocenters. The monoisotopic (exact) mass is 500 g/mol. The number of carbonyl (C=O) groups is 1. The zero-order valence-corrected chi connectivity index (χ0v) is 19.7. The Labute approximate surface area is 206 Å². The Hall–Kier alpha value is -3.47. The highest BCUT2D eigenvalue weighted by Gasteiger charge is 2.30. The first kappa shape index (κ1) is 25.6. The van der Waals surface area contributed by atoms with Gasteiger partial charge in [0.05, 0.1) is 30.1 Å². The summed E-state index contributed by atoms with van der Waals surface area (Å²) in [6.07, 6.45) is -5.51. The first-order valence-corrected chi connectivity index (χ1v) is 11.5. The number of carbonyl (C=O) groups excluding carboxylic acids is 1.